The van der Waals surface area contributed by atoms with Crippen LogP contribution in [0, 0.1) is 178 Å². The third kappa shape index (κ3) is 48.7. The summed E-state index contributed by atoms with van der Waals surface area (Å²) in [6, 6.07) is 0. The van der Waals surface area contributed by atoms with Crippen molar-refractivity contribution in [3.8, 4) is 0 Å². The summed E-state index contributed by atoms with van der Waals surface area (Å²) >= 11 is 0. The molecule has 0 aromatic heterocycles. The molecule has 21 radical (unpaired) electrons. The van der Waals surface area contributed by atoms with Gasteiger partial charge >= 0.3 is 0 Å². The maximum absolute atomic E-state index is 0. The van der Waals surface area contributed by atoms with Gasteiger partial charge < -0.3 is 0 Å². The fourth-order valence-electron chi connectivity index (χ4n) is 0. The summed E-state index contributed by atoms with van der Waals surface area (Å²) in [6.07, 6.45) is 0. The topological polar surface area (TPSA) is 0 Å². The van der Waals surface area contributed by atoms with Gasteiger partial charge in [0.25, 0.3) is 0 Å². The van der Waals surface area contributed by atoms with E-state index in [4.69, 9.17) is 0 Å². The standard InChI is InChI=1S/4Ge.5La. The van der Waals surface area contributed by atoms with Crippen LogP contribution >= 0.6 is 0 Å². The van der Waals surface area contributed by atoms with Gasteiger partial charge in [0, 0.05) is 248 Å². The molecule has 0 unspecified atom stereocenters. The van der Waals surface area contributed by atoms with E-state index >= 15 is 0 Å². The SMILES string of the molecule is [Ge].[Ge].[Ge].[Ge].[La].[La].[La].[La].[La]. The molecule has 31 valence electrons. The van der Waals surface area contributed by atoms with Crippen LogP contribution in [0.3, 0.4) is 0 Å². The van der Waals surface area contributed by atoms with Crippen LogP contribution in [-0.2, 0) is 0 Å². The Morgan fingerprint density at radius 3 is 0.222 bits per heavy atom. The van der Waals surface area contributed by atoms with E-state index in [1.807, 2.05) is 0 Å². The molecule has 0 saturated carbocycles. The molecule has 0 saturated heterocycles. The van der Waals surface area contributed by atoms with Gasteiger partial charge in [-0.05, 0) is 0 Å². The van der Waals surface area contributed by atoms with Crippen molar-refractivity contribution in [2.75, 3.05) is 0 Å². The predicted octanol–water partition coefficient (Wildman–Crippen LogP) is -1.52. The first-order valence-corrected chi connectivity index (χ1v) is 0. The summed E-state index contributed by atoms with van der Waals surface area (Å²) in [7, 11) is 0. The van der Waals surface area contributed by atoms with Crippen molar-refractivity contribution in [3.05, 3.63) is 0 Å². The summed E-state index contributed by atoms with van der Waals surface area (Å²) < 4.78 is 0. The first kappa shape index (κ1) is 67.4. The molecule has 0 aromatic carbocycles. The van der Waals surface area contributed by atoms with E-state index in [2.05, 4.69) is 0 Å². The monoisotopic (exact) mass is 990 g/mol. The van der Waals surface area contributed by atoms with Crippen LogP contribution in [0.15, 0.2) is 0 Å². The number of hydrogen-bond acceptors (Lipinski definition) is 0. The molecule has 0 fully saturated rings. The van der Waals surface area contributed by atoms with Crippen molar-refractivity contribution >= 4 is 70.4 Å². The Balaban J connectivity index is 0. The maximum Gasteiger partial charge on any atom is 0 e. The second kappa shape index (κ2) is 55.8. The average Bonchev–Trinajstić information content (AvgIpc) is 0. The average molecular weight is 985 g/mol. The summed E-state index contributed by atoms with van der Waals surface area (Å²) in [5.41, 5.74) is 0. The van der Waals surface area contributed by atoms with Crippen LogP contribution in [0.5, 0.6) is 0 Å². The van der Waals surface area contributed by atoms with E-state index in [1.54, 1.807) is 0 Å². The van der Waals surface area contributed by atoms with Gasteiger partial charge in [0.2, 0.25) is 0 Å². The minimum atomic E-state index is 0. The van der Waals surface area contributed by atoms with Crippen LogP contribution in [0.25, 0.3) is 0 Å². The van der Waals surface area contributed by atoms with Gasteiger partial charge in [-0.25, -0.2) is 0 Å². The zero-order valence-corrected chi connectivity index (χ0v) is 31.4. The fourth-order valence-corrected chi connectivity index (χ4v) is 0. The molecule has 0 atom stereocenters. The first-order valence-electron chi connectivity index (χ1n) is 0. The number of rotatable bonds is 0. The normalized spacial score (nSPS) is 0. The van der Waals surface area contributed by atoms with Crippen molar-refractivity contribution in [3.63, 3.8) is 0 Å². The fraction of sp³-hybridized carbons (Fsp3) is 0. The molecule has 0 N–H and O–H groups in total. The Bertz CT molecular complexity index is 8.92. The van der Waals surface area contributed by atoms with E-state index in [0.29, 0.717) is 0 Å². The molecule has 0 amide bonds. The zero-order valence-electron chi connectivity index (χ0n) is 4.89. The molecule has 0 aromatic rings. The Morgan fingerprint density at radius 2 is 0.222 bits per heavy atom. The summed E-state index contributed by atoms with van der Waals surface area (Å²) in [5, 5.41) is 0. The Kier molecular flexibility index (Phi) is 418. The molecule has 9 heavy (non-hydrogen) atoms. The smallest absolute Gasteiger partial charge is 0 e. The summed E-state index contributed by atoms with van der Waals surface area (Å²) in [6.45, 7) is 0. The summed E-state index contributed by atoms with van der Waals surface area (Å²) in [4.78, 5) is 0. The molecule has 0 heterocycles. The molecule has 0 bridgehead atoms. The van der Waals surface area contributed by atoms with Gasteiger partial charge in [-0.1, -0.05) is 0 Å². The van der Waals surface area contributed by atoms with Crippen LogP contribution in [0.2, 0.25) is 0 Å². The van der Waals surface area contributed by atoms with Gasteiger partial charge in [0.15, 0.2) is 0 Å². The van der Waals surface area contributed by atoms with Crippen LogP contribution in [-0.4, -0.2) is 70.4 Å². The Labute approximate surface area is 240 Å². The van der Waals surface area contributed by atoms with Gasteiger partial charge in [-0.15, -0.1) is 0 Å². The van der Waals surface area contributed by atoms with E-state index in [-0.39, 0.29) is 248 Å². The van der Waals surface area contributed by atoms with Crippen molar-refractivity contribution in [1.29, 1.82) is 0 Å². The minimum absolute atomic E-state index is 0. The molecular weight excluding hydrogens is 985 g/mol. The van der Waals surface area contributed by atoms with Crippen LogP contribution in [0.4, 0.5) is 0 Å². The van der Waals surface area contributed by atoms with E-state index in [9.17, 15) is 0 Å². The van der Waals surface area contributed by atoms with Gasteiger partial charge in [-0.3, -0.25) is 0 Å². The zero-order chi connectivity index (χ0) is 0. The molecule has 0 aliphatic rings. The first-order chi connectivity index (χ1) is 0. The third-order valence-corrected chi connectivity index (χ3v) is 0. The molecule has 9 heteroatoms. The van der Waals surface area contributed by atoms with E-state index < -0.39 is 0 Å². The van der Waals surface area contributed by atoms with Crippen molar-refractivity contribution in [2.24, 2.45) is 0 Å². The van der Waals surface area contributed by atoms with E-state index in [0.717, 1.165) is 0 Å². The molecule has 0 aliphatic heterocycles. The number of hydrogen-bond donors (Lipinski definition) is 0. The molecule has 0 spiro atoms. The van der Waals surface area contributed by atoms with Crippen LogP contribution in [0.1, 0.15) is 0 Å². The van der Waals surface area contributed by atoms with Crippen molar-refractivity contribution in [2.45, 2.75) is 0 Å². The molecular formula is Ge4La5. The second-order valence-electron chi connectivity index (χ2n) is 0. The van der Waals surface area contributed by atoms with Crippen molar-refractivity contribution < 1.29 is 178 Å². The molecule has 0 nitrogen and oxygen atoms in total. The molecule has 0 aliphatic carbocycles. The van der Waals surface area contributed by atoms with Crippen LogP contribution < -0.4 is 0 Å². The van der Waals surface area contributed by atoms with Gasteiger partial charge in [0.05, 0.1) is 0 Å². The Morgan fingerprint density at radius 1 is 0.222 bits per heavy atom. The minimum Gasteiger partial charge on any atom is 0 e. The third-order valence-electron chi connectivity index (χ3n) is 0. The van der Waals surface area contributed by atoms with Gasteiger partial charge in [-0.2, -0.15) is 0 Å². The quantitative estimate of drug-likeness (QED) is 0.259. The largest absolute Gasteiger partial charge is 0 e. The Hall–Kier alpha value is 8.15. The van der Waals surface area contributed by atoms with E-state index in [1.165, 1.54) is 0 Å². The van der Waals surface area contributed by atoms with Crippen molar-refractivity contribution in [1.82, 2.24) is 0 Å². The maximum atomic E-state index is 0. The van der Waals surface area contributed by atoms with Gasteiger partial charge in [0.1, 0.15) is 0 Å². The second-order valence-corrected chi connectivity index (χ2v) is 0. The predicted molar refractivity (Wildman–Crippen MR) is 23.0 cm³/mol. The summed E-state index contributed by atoms with van der Waals surface area (Å²) in [5.74, 6) is 0. The molecule has 0 rings (SSSR count).